The van der Waals surface area contributed by atoms with Crippen molar-refractivity contribution in [2.75, 3.05) is 27.9 Å². The molecule has 0 fully saturated rings. The molecule has 0 aliphatic rings. The minimum atomic E-state index is -0.473. The summed E-state index contributed by atoms with van der Waals surface area (Å²) in [4.78, 5) is 12.6. The molecule has 0 aliphatic heterocycles. The highest BCUT2D eigenvalue weighted by Crippen LogP contribution is 2.41. The average molecular weight is 356 g/mol. The lowest BCUT2D eigenvalue weighted by Crippen LogP contribution is -2.05. The van der Waals surface area contributed by atoms with Crippen molar-refractivity contribution in [1.29, 1.82) is 0 Å². The van der Waals surface area contributed by atoms with Crippen molar-refractivity contribution in [3.05, 3.63) is 46.8 Å². The molecular formula is C20H20O6. The van der Waals surface area contributed by atoms with E-state index in [0.717, 1.165) is 5.39 Å². The first kappa shape index (κ1) is 17.7. The standard InChI is InChI=1S/C20H20O6/c1-5-25-15-8-6-7-12-9-14(20(21)26-18(12)15)13-10-16(22-2)19(24-4)17(11-13)23-3/h6-11H,5H2,1-4H3. The van der Waals surface area contributed by atoms with E-state index in [1.807, 2.05) is 19.1 Å². The highest BCUT2D eigenvalue weighted by Gasteiger charge is 2.17. The van der Waals surface area contributed by atoms with Gasteiger partial charge in [0.1, 0.15) is 0 Å². The van der Waals surface area contributed by atoms with E-state index in [-0.39, 0.29) is 0 Å². The summed E-state index contributed by atoms with van der Waals surface area (Å²) in [5.41, 5.74) is 0.955. The second kappa shape index (κ2) is 7.39. The van der Waals surface area contributed by atoms with Crippen molar-refractivity contribution < 1.29 is 23.4 Å². The zero-order valence-corrected chi connectivity index (χ0v) is 15.1. The first-order valence-electron chi connectivity index (χ1n) is 8.13. The molecule has 1 aromatic heterocycles. The average Bonchev–Trinajstić information content (AvgIpc) is 2.67. The van der Waals surface area contributed by atoms with E-state index < -0.39 is 5.63 Å². The number of fused-ring (bicyclic) bond motifs is 1. The molecule has 3 rings (SSSR count). The Kier molecular flexibility index (Phi) is 5.02. The molecule has 0 unspecified atom stereocenters. The molecule has 1 heterocycles. The van der Waals surface area contributed by atoms with Crippen LogP contribution in [0.3, 0.4) is 0 Å². The number of rotatable bonds is 6. The van der Waals surface area contributed by atoms with Crippen molar-refractivity contribution in [3.63, 3.8) is 0 Å². The normalized spacial score (nSPS) is 10.6. The number of hydrogen-bond donors (Lipinski definition) is 0. The zero-order chi connectivity index (χ0) is 18.7. The molecule has 6 nitrogen and oxygen atoms in total. The third kappa shape index (κ3) is 3.06. The Morgan fingerprint density at radius 1 is 0.923 bits per heavy atom. The summed E-state index contributed by atoms with van der Waals surface area (Å²) >= 11 is 0. The number of ether oxygens (including phenoxy) is 4. The minimum Gasteiger partial charge on any atom is -0.493 e. The lowest BCUT2D eigenvalue weighted by molar-refractivity contribution is 0.324. The minimum absolute atomic E-state index is 0.394. The van der Waals surface area contributed by atoms with Gasteiger partial charge in [0.05, 0.1) is 33.5 Å². The number of hydrogen-bond acceptors (Lipinski definition) is 6. The van der Waals surface area contributed by atoms with Gasteiger partial charge in [-0.25, -0.2) is 4.79 Å². The molecule has 136 valence electrons. The van der Waals surface area contributed by atoms with Gasteiger partial charge in [0.2, 0.25) is 5.75 Å². The van der Waals surface area contributed by atoms with Gasteiger partial charge in [0.25, 0.3) is 0 Å². The second-order valence-corrected chi connectivity index (χ2v) is 5.47. The van der Waals surface area contributed by atoms with Crippen LogP contribution in [0.1, 0.15) is 6.92 Å². The Balaban J connectivity index is 2.23. The molecule has 6 heteroatoms. The van der Waals surface area contributed by atoms with Crippen LogP contribution in [-0.2, 0) is 0 Å². The van der Waals surface area contributed by atoms with Crippen LogP contribution in [0.15, 0.2) is 45.6 Å². The smallest absolute Gasteiger partial charge is 0.344 e. The molecule has 0 amide bonds. The fourth-order valence-electron chi connectivity index (χ4n) is 2.82. The molecule has 0 atom stereocenters. The number of methoxy groups -OCH3 is 3. The van der Waals surface area contributed by atoms with Crippen LogP contribution in [0.5, 0.6) is 23.0 Å². The summed E-state index contributed by atoms with van der Waals surface area (Å²) in [5.74, 6) is 1.93. The molecule has 0 aliphatic carbocycles. The molecule has 0 spiro atoms. The van der Waals surface area contributed by atoms with E-state index in [0.29, 0.717) is 46.3 Å². The largest absolute Gasteiger partial charge is 0.493 e. The van der Waals surface area contributed by atoms with Crippen molar-refractivity contribution >= 4 is 11.0 Å². The predicted molar refractivity (Wildman–Crippen MR) is 98.7 cm³/mol. The summed E-state index contributed by atoms with van der Waals surface area (Å²) in [5, 5.41) is 0.763. The first-order valence-corrected chi connectivity index (χ1v) is 8.13. The lowest BCUT2D eigenvalue weighted by atomic mass is 10.0. The van der Waals surface area contributed by atoms with Crippen molar-refractivity contribution in [2.24, 2.45) is 0 Å². The first-order chi connectivity index (χ1) is 12.6. The van der Waals surface area contributed by atoms with Gasteiger partial charge in [0.15, 0.2) is 22.8 Å². The molecule has 0 N–H and O–H groups in total. The number of para-hydroxylation sites is 1. The Morgan fingerprint density at radius 2 is 1.62 bits per heavy atom. The van der Waals surface area contributed by atoms with Gasteiger partial charge in [-0.2, -0.15) is 0 Å². The Labute approximate surface area is 150 Å². The Bertz CT molecular complexity index is 964. The summed E-state index contributed by atoms with van der Waals surface area (Å²) in [6.07, 6.45) is 0. The van der Waals surface area contributed by atoms with Gasteiger partial charge in [-0.15, -0.1) is 0 Å². The van der Waals surface area contributed by atoms with Gasteiger partial charge in [-0.1, -0.05) is 12.1 Å². The van der Waals surface area contributed by atoms with Crippen LogP contribution < -0.4 is 24.6 Å². The summed E-state index contributed by atoms with van der Waals surface area (Å²) in [7, 11) is 4.58. The summed E-state index contributed by atoms with van der Waals surface area (Å²) < 4.78 is 27.1. The fraction of sp³-hybridized carbons (Fsp3) is 0.250. The molecule has 26 heavy (non-hydrogen) atoms. The molecule has 3 aromatic rings. The topological polar surface area (TPSA) is 67.1 Å². The maximum Gasteiger partial charge on any atom is 0.344 e. The molecule has 2 aromatic carbocycles. The van der Waals surface area contributed by atoms with E-state index in [1.165, 1.54) is 21.3 Å². The third-order valence-corrected chi connectivity index (χ3v) is 4.00. The van der Waals surface area contributed by atoms with Gasteiger partial charge in [-0.05, 0) is 36.8 Å². The molecular weight excluding hydrogens is 336 g/mol. The molecule has 0 radical (unpaired) electrons. The van der Waals surface area contributed by atoms with Crippen LogP contribution >= 0.6 is 0 Å². The highest BCUT2D eigenvalue weighted by atomic mass is 16.5. The summed E-state index contributed by atoms with van der Waals surface area (Å²) in [6.45, 7) is 2.36. The van der Waals surface area contributed by atoms with E-state index in [9.17, 15) is 4.79 Å². The van der Waals surface area contributed by atoms with E-state index in [2.05, 4.69) is 0 Å². The Morgan fingerprint density at radius 3 is 2.19 bits per heavy atom. The van der Waals surface area contributed by atoms with Crippen LogP contribution in [0, 0.1) is 0 Å². The molecule has 0 saturated carbocycles. The van der Waals surface area contributed by atoms with Crippen LogP contribution in [0.2, 0.25) is 0 Å². The SMILES string of the molecule is CCOc1cccc2cc(-c3cc(OC)c(OC)c(OC)c3)c(=O)oc12. The van der Waals surface area contributed by atoms with Crippen LogP contribution in [-0.4, -0.2) is 27.9 Å². The van der Waals surface area contributed by atoms with Gasteiger partial charge >= 0.3 is 5.63 Å². The quantitative estimate of drug-likeness (QED) is 0.624. The van der Waals surface area contributed by atoms with Crippen molar-refractivity contribution in [2.45, 2.75) is 6.92 Å². The Hall–Kier alpha value is -3.15. The fourth-order valence-corrected chi connectivity index (χ4v) is 2.82. The third-order valence-electron chi connectivity index (χ3n) is 4.00. The maximum atomic E-state index is 12.6. The lowest BCUT2D eigenvalue weighted by Gasteiger charge is -2.14. The van der Waals surface area contributed by atoms with E-state index >= 15 is 0 Å². The van der Waals surface area contributed by atoms with Gasteiger partial charge in [0, 0.05) is 5.39 Å². The zero-order valence-electron chi connectivity index (χ0n) is 15.1. The van der Waals surface area contributed by atoms with Crippen LogP contribution in [0.4, 0.5) is 0 Å². The maximum absolute atomic E-state index is 12.6. The predicted octanol–water partition coefficient (Wildman–Crippen LogP) is 3.88. The highest BCUT2D eigenvalue weighted by molar-refractivity contribution is 5.86. The molecule has 0 bridgehead atoms. The van der Waals surface area contributed by atoms with Gasteiger partial charge < -0.3 is 23.4 Å². The van der Waals surface area contributed by atoms with Crippen molar-refractivity contribution in [1.82, 2.24) is 0 Å². The van der Waals surface area contributed by atoms with E-state index in [1.54, 1.807) is 24.3 Å². The van der Waals surface area contributed by atoms with E-state index in [4.69, 9.17) is 23.4 Å². The van der Waals surface area contributed by atoms with Crippen LogP contribution in [0.25, 0.3) is 22.1 Å². The molecule has 0 saturated heterocycles. The summed E-state index contributed by atoms with van der Waals surface area (Å²) in [6, 6.07) is 10.7. The van der Waals surface area contributed by atoms with Gasteiger partial charge in [-0.3, -0.25) is 0 Å². The van der Waals surface area contributed by atoms with Crippen molar-refractivity contribution in [3.8, 4) is 34.1 Å². The second-order valence-electron chi connectivity index (χ2n) is 5.47. The number of benzene rings is 2. The monoisotopic (exact) mass is 356 g/mol.